The zero-order valence-corrected chi connectivity index (χ0v) is 9.05. The van der Waals surface area contributed by atoms with E-state index in [4.69, 9.17) is 0 Å². The van der Waals surface area contributed by atoms with Gasteiger partial charge in [-0.3, -0.25) is 14.4 Å². The second-order valence-electron chi connectivity index (χ2n) is 2.86. The summed E-state index contributed by atoms with van der Waals surface area (Å²) in [5.41, 5.74) is 0. The van der Waals surface area contributed by atoms with E-state index in [-0.39, 0.29) is 30.8 Å². The molecule has 0 heterocycles. The molecule has 0 aliphatic heterocycles. The lowest BCUT2D eigenvalue weighted by Gasteiger charge is -2.05. The van der Waals surface area contributed by atoms with Crippen molar-refractivity contribution < 1.29 is 14.4 Å². The van der Waals surface area contributed by atoms with Gasteiger partial charge in [0, 0.05) is 13.0 Å². The smallest absolute Gasteiger partial charge is 0.239 e. The first-order valence-corrected chi connectivity index (χ1v) is 4.90. The van der Waals surface area contributed by atoms with E-state index in [0.717, 1.165) is 0 Å². The molecule has 0 aliphatic carbocycles. The predicted molar refractivity (Wildman–Crippen MR) is 55.0 cm³/mol. The molecular weight excluding hydrogens is 198 g/mol. The van der Waals surface area contributed by atoms with Crippen molar-refractivity contribution in [3.8, 4) is 0 Å². The topological polar surface area (TPSA) is 87.3 Å². The van der Waals surface area contributed by atoms with Crippen molar-refractivity contribution >= 4 is 17.7 Å². The quantitative estimate of drug-likeness (QED) is 0.518. The molecule has 0 saturated heterocycles. The number of carbonyl (C=O) groups is 3. The van der Waals surface area contributed by atoms with E-state index in [9.17, 15) is 14.4 Å². The number of hydrogen-bond acceptors (Lipinski definition) is 3. The van der Waals surface area contributed by atoms with Crippen molar-refractivity contribution in [2.75, 3.05) is 19.6 Å². The summed E-state index contributed by atoms with van der Waals surface area (Å²) in [6.07, 6.45) is 0.337. The maximum absolute atomic E-state index is 11.1. The molecule has 0 spiro atoms. The summed E-state index contributed by atoms with van der Waals surface area (Å²) in [6.45, 7) is 3.87. The fraction of sp³-hybridized carbons (Fsp3) is 0.667. The van der Waals surface area contributed by atoms with Crippen LogP contribution in [0.1, 0.15) is 20.3 Å². The van der Waals surface area contributed by atoms with E-state index < -0.39 is 0 Å². The molecule has 0 aromatic carbocycles. The number of nitrogens with one attached hydrogen (secondary N) is 3. The van der Waals surface area contributed by atoms with Crippen LogP contribution >= 0.6 is 0 Å². The van der Waals surface area contributed by atoms with E-state index in [1.165, 1.54) is 0 Å². The molecule has 6 nitrogen and oxygen atoms in total. The van der Waals surface area contributed by atoms with Gasteiger partial charge in [-0.25, -0.2) is 0 Å². The first kappa shape index (κ1) is 13.4. The van der Waals surface area contributed by atoms with Gasteiger partial charge < -0.3 is 16.0 Å². The Labute approximate surface area is 88.8 Å². The Morgan fingerprint density at radius 1 is 0.800 bits per heavy atom. The Morgan fingerprint density at radius 2 is 1.27 bits per heavy atom. The average molecular weight is 215 g/mol. The maximum atomic E-state index is 11.1. The molecule has 0 radical (unpaired) electrons. The second-order valence-corrected chi connectivity index (χ2v) is 2.86. The van der Waals surface area contributed by atoms with E-state index >= 15 is 0 Å². The molecule has 0 bridgehead atoms. The lowest BCUT2D eigenvalue weighted by molar-refractivity contribution is -0.127. The lowest BCUT2D eigenvalue weighted by atomic mass is 10.4. The SMILES string of the molecule is CCNC(=O)CNC(=O)CNC(=O)CC. The lowest BCUT2D eigenvalue weighted by Crippen LogP contribution is -2.41. The van der Waals surface area contributed by atoms with Crippen LogP contribution in [-0.2, 0) is 14.4 Å². The molecule has 0 rings (SSSR count). The van der Waals surface area contributed by atoms with E-state index in [2.05, 4.69) is 16.0 Å². The van der Waals surface area contributed by atoms with Gasteiger partial charge in [0.2, 0.25) is 17.7 Å². The van der Waals surface area contributed by atoms with Gasteiger partial charge in [0.25, 0.3) is 0 Å². The molecule has 0 saturated carbocycles. The molecule has 0 fully saturated rings. The summed E-state index contributed by atoms with van der Waals surface area (Å²) in [5, 5.41) is 7.32. The average Bonchev–Trinajstić information content (AvgIpc) is 2.23. The monoisotopic (exact) mass is 215 g/mol. The minimum Gasteiger partial charge on any atom is -0.355 e. The highest BCUT2D eigenvalue weighted by Gasteiger charge is 2.05. The van der Waals surface area contributed by atoms with Crippen LogP contribution in [0.3, 0.4) is 0 Å². The molecule has 15 heavy (non-hydrogen) atoms. The summed E-state index contributed by atoms with van der Waals surface area (Å²) in [4.78, 5) is 32.8. The number of hydrogen-bond donors (Lipinski definition) is 3. The summed E-state index contributed by atoms with van der Waals surface area (Å²) in [7, 11) is 0. The second kappa shape index (κ2) is 7.78. The molecule has 0 unspecified atom stereocenters. The van der Waals surface area contributed by atoms with Crippen molar-refractivity contribution in [3.63, 3.8) is 0 Å². The molecule has 86 valence electrons. The van der Waals surface area contributed by atoms with Gasteiger partial charge in [-0.1, -0.05) is 6.92 Å². The van der Waals surface area contributed by atoms with Crippen LogP contribution < -0.4 is 16.0 Å². The highest BCUT2D eigenvalue weighted by atomic mass is 16.2. The van der Waals surface area contributed by atoms with Crippen molar-refractivity contribution in [2.45, 2.75) is 20.3 Å². The third-order valence-electron chi connectivity index (χ3n) is 1.59. The molecule has 0 aliphatic rings. The Hall–Kier alpha value is -1.59. The van der Waals surface area contributed by atoms with Gasteiger partial charge in [-0.05, 0) is 6.92 Å². The third kappa shape index (κ3) is 7.48. The van der Waals surface area contributed by atoms with Crippen molar-refractivity contribution in [1.29, 1.82) is 0 Å². The van der Waals surface area contributed by atoms with Crippen LogP contribution in [0.25, 0.3) is 0 Å². The van der Waals surface area contributed by atoms with E-state index in [0.29, 0.717) is 13.0 Å². The molecule has 0 aromatic rings. The summed E-state index contributed by atoms with van der Waals surface area (Å²) < 4.78 is 0. The standard InChI is InChI=1S/C9H17N3O3/c1-3-7(13)11-6-9(15)12-5-8(14)10-4-2/h3-6H2,1-2H3,(H,10,14)(H,11,13)(H,12,15). The summed E-state index contributed by atoms with van der Waals surface area (Å²) in [5.74, 6) is -0.807. The van der Waals surface area contributed by atoms with Crippen LogP contribution in [0.4, 0.5) is 0 Å². The van der Waals surface area contributed by atoms with Crippen LogP contribution in [0.5, 0.6) is 0 Å². The normalized spacial score (nSPS) is 9.20. The van der Waals surface area contributed by atoms with Crippen molar-refractivity contribution in [3.05, 3.63) is 0 Å². The van der Waals surface area contributed by atoms with E-state index in [1.54, 1.807) is 13.8 Å². The van der Waals surface area contributed by atoms with Gasteiger partial charge in [-0.2, -0.15) is 0 Å². The van der Waals surface area contributed by atoms with Crippen LogP contribution in [0.15, 0.2) is 0 Å². The first-order chi connectivity index (χ1) is 7.10. The zero-order valence-electron chi connectivity index (χ0n) is 9.05. The zero-order chi connectivity index (χ0) is 11.7. The third-order valence-corrected chi connectivity index (χ3v) is 1.59. The number of rotatable bonds is 6. The van der Waals surface area contributed by atoms with Crippen LogP contribution in [-0.4, -0.2) is 37.4 Å². The van der Waals surface area contributed by atoms with Crippen LogP contribution in [0, 0.1) is 0 Å². The largest absolute Gasteiger partial charge is 0.355 e. The highest BCUT2D eigenvalue weighted by molar-refractivity contribution is 5.88. The van der Waals surface area contributed by atoms with Gasteiger partial charge in [0.05, 0.1) is 13.1 Å². The Kier molecular flexibility index (Phi) is 6.96. The Balaban J connectivity index is 3.57. The summed E-state index contributed by atoms with van der Waals surface area (Å²) >= 11 is 0. The fourth-order valence-electron chi connectivity index (χ4n) is 0.805. The highest BCUT2D eigenvalue weighted by Crippen LogP contribution is 1.74. The molecule has 0 aromatic heterocycles. The fourth-order valence-corrected chi connectivity index (χ4v) is 0.805. The Morgan fingerprint density at radius 3 is 1.73 bits per heavy atom. The van der Waals surface area contributed by atoms with E-state index in [1.807, 2.05) is 0 Å². The molecule has 6 heteroatoms. The summed E-state index contributed by atoms with van der Waals surface area (Å²) in [6, 6.07) is 0. The molecular formula is C9H17N3O3. The number of amides is 3. The molecule has 0 atom stereocenters. The van der Waals surface area contributed by atoms with Crippen LogP contribution in [0.2, 0.25) is 0 Å². The first-order valence-electron chi connectivity index (χ1n) is 4.90. The minimum absolute atomic E-state index is 0.0608. The predicted octanol–water partition coefficient (Wildman–Crippen LogP) is -1.24. The number of carbonyl (C=O) groups excluding carboxylic acids is 3. The van der Waals surface area contributed by atoms with Crippen molar-refractivity contribution in [1.82, 2.24) is 16.0 Å². The maximum Gasteiger partial charge on any atom is 0.239 e. The molecule has 3 N–H and O–H groups in total. The minimum atomic E-state index is -0.372. The van der Waals surface area contributed by atoms with Gasteiger partial charge >= 0.3 is 0 Å². The van der Waals surface area contributed by atoms with Gasteiger partial charge in [0.15, 0.2) is 0 Å². The van der Waals surface area contributed by atoms with Gasteiger partial charge in [-0.15, -0.1) is 0 Å². The number of likely N-dealkylation sites (N-methyl/N-ethyl adjacent to an activating group) is 1. The van der Waals surface area contributed by atoms with Crippen molar-refractivity contribution in [2.24, 2.45) is 0 Å². The van der Waals surface area contributed by atoms with Gasteiger partial charge in [0.1, 0.15) is 0 Å². The molecule has 3 amide bonds. The Bertz CT molecular complexity index is 241.